The molecule has 1 fully saturated rings. The molecule has 0 spiro atoms. The zero-order valence-corrected chi connectivity index (χ0v) is 19.3. The lowest BCUT2D eigenvalue weighted by Gasteiger charge is -2.30. The highest BCUT2D eigenvalue weighted by molar-refractivity contribution is 5.96. The second kappa shape index (κ2) is 11.8. The zero-order valence-electron chi connectivity index (χ0n) is 19.3. The van der Waals surface area contributed by atoms with Crippen LogP contribution in [-0.2, 0) is 23.9 Å². The molecule has 34 heavy (non-hydrogen) atoms. The molecule has 0 bridgehead atoms. The quantitative estimate of drug-likeness (QED) is 0.499. The smallest absolute Gasteiger partial charge is 0.337 e. The molecule has 1 saturated heterocycles. The second-order valence-electron chi connectivity index (χ2n) is 8.02. The summed E-state index contributed by atoms with van der Waals surface area (Å²) in [5, 5.41) is 2.65. The van der Waals surface area contributed by atoms with Crippen molar-refractivity contribution in [2.45, 2.75) is 19.8 Å². The number of hydrogen-bond donors (Lipinski definition) is 1. The Balaban J connectivity index is 1.44. The lowest BCUT2D eigenvalue weighted by atomic mass is 9.97. The predicted octanol–water partition coefficient (Wildman–Crippen LogP) is 3.22. The molecule has 1 aliphatic heterocycles. The van der Waals surface area contributed by atoms with E-state index in [1.165, 1.54) is 19.3 Å². The van der Waals surface area contributed by atoms with Crippen LogP contribution < -0.4 is 5.32 Å². The van der Waals surface area contributed by atoms with Crippen molar-refractivity contribution >= 4 is 35.5 Å². The fourth-order valence-corrected chi connectivity index (χ4v) is 3.61. The number of hydrogen-bond acceptors (Lipinski definition) is 6. The number of anilines is 1. The first-order valence-electron chi connectivity index (χ1n) is 11.0. The molecule has 3 rings (SSSR count). The highest BCUT2D eigenvalue weighted by Gasteiger charge is 2.28. The van der Waals surface area contributed by atoms with E-state index in [0.29, 0.717) is 37.2 Å². The summed E-state index contributed by atoms with van der Waals surface area (Å²) in [6, 6.07) is 14.4. The number of nitrogens with one attached hydrogen (secondary N) is 1. The van der Waals surface area contributed by atoms with Crippen LogP contribution in [0.4, 0.5) is 5.69 Å². The van der Waals surface area contributed by atoms with Crippen LogP contribution in [0.25, 0.3) is 6.08 Å². The SMILES string of the molecule is COC(=O)c1ccc(C)c(NC(=O)COC(=O)C2CCN(C(=O)/C=C/c3ccccc3)CC2)c1. The number of methoxy groups -OCH3 is 1. The highest BCUT2D eigenvalue weighted by Crippen LogP contribution is 2.20. The molecule has 178 valence electrons. The predicted molar refractivity (Wildman–Crippen MR) is 127 cm³/mol. The third kappa shape index (κ3) is 6.78. The number of amides is 2. The van der Waals surface area contributed by atoms with E-state index in [1.807, 2.05) is 30.3 Å². The molecule has 1 aliphatic rings. The van der Waals surface area contributed by atoms with Gasteiger partial charge in [0.25, 0.3) is 5.91 Å². The lowest BCUT2D eigenvalue weighted by Crippen LogP contribution is -2.40. The lowest BCUT2D eigenvalue weighted by molar-refractivity contribution is -0.153. The van der Waals surface area contributed by atoms with Gasteiger partial charge in [-0.15, -0.1) is 0 Å². The summed E-state index contributed by atoms with van der Waals surface area (Å²) in [6.07, 6.45) is 4.26. The van der Waals surface area contributed by atoms with E-state index in [0.717, 1.165) is 11.1 Å². The van der Waals surface area contributed by atoms with Crippen LogP contribution in [0.3, 0.4) is 0 Å². The highest BCUT2D eigenvalue weighted by atomic mass is 16.5. The van der Waals surface area contributed by atoms with E-state index in [-0.39, 0.29) is 11.8 Å². The normalized spacial score (nSPS) is 14.0. The van der Waals surface area contributed by atoms with Gasteiger partial charge in [-0.25, -0.2) is 4.79 Å². The number of nitrogens with zero attached hydrogens (tertiary/aromatic N) is 1. The van der Waals surface area contributed by atoms with Gasteiger partial charge in [-0.3, -0.25) is 14.4 Å². The van der Waals surface area contributed by atoms with E-state index >= 15 is 0 Å². The Hall–Kier alpha value is -3.94. The van der Waals surface area contributed by atoms with Crippen molar-refractivity contribution < 1.29 is 28.7 Å². The molecule has 0 saturated carbocycles. The average molecular weight is 465 g/mol. The number of carbonyl (C=O) groups excluding carboxylic acids is 4. The minimum atomic E-state index is -0.512. The number of ether oxygens (including phenoxy) is 2. The van der Waals surface area contributed by atoms with Gasteiger partial charge in [0, 0.05) is 24.9 Å². The summed E-state index contributed by atoms with van der Waals surface area (Å²) in [5.74, 6) is -1.93. The monoisotopic (exact) mass is 464 g/mol. The molecule has 8 heteroatoms. The van der Waals surface area contributed by atoms with Gasteiger partial charge in [0.05, 0.1) is 18.6 Å². The van der Waals surface area contributed by atoms with Gasteiger partial charge in [0.15, 0.2) is 6.61 Å². The fourth-order valence-electron chi connectivity index (χ4n) is 3.61. The van der Waals surface area contributed by atoms with Crippen molar-refractivity contribution in [1.29, 1.82) is 0 Å². The maximum absolute atomic E-state index is 12.4. The molecule has 2 aromatic carbocycles. The van der Waals surface area contributed by atoms with E-state index < -0.39 is 24.5 Å². The van der Waals surface area contributed by atoms with Crippen molar-refractivity contribution in [2.24, 2.45) is 5.92 Å². The summed E-state index contributed by atoms with van der Waals surface area (Å²) in [5.41, 5.74) is 2.45. The third-order valence-corrected chi connectivity index (χ3v) is 5.64. The summed E-state index contributed by atoms with van der Waals surface area (Å²) < 4.78 is 9.88. The van der Waals surface area contributed by atoms with Gasteiger partial charge in [0.1, 0.15) is 0 Å². The van der Waals surface area contributed by atoms with Gasteiger partial charge in [-0.2, -0.15) is 0 Å². The molecule has 2 aromatic rings. The molecule has 0 aromatic heterocycles. The van der Waals surface area contributed by atoms with Crippen molar-refractivity contribution in [1.82, 2.24) is 4.90 Å². The number of aryl methyl sites for hydroxylation is 1. The number of benzene rings is 2. The molecule has 2 amide bonds. The Morgan fingerprint density at radius 1 is 1.06 bits per heavy atom. The average Bonchev–Trinajstić information content (AvgIpc) is 2.87. The number of piperidine rings is 1. The third-order valence-electron chi connectivity index (χ3n) is 5.64. The molecule has 1 heterocycles. The largest absolute Gasteiger partial charge is 0.465 e. The summed E-state index contributed by atoms with van der Waals surface area (Å²) in [4.78, 5) is 50.5. The molecule has 8 nitrogen and oxygen atoms in total. The van der Waals surface area contributed by atoms with Crippen molar-refractivity contribution in [3.63, 3.8) is 0 Å². The van der Waals surface area contributed by atoms with Crippen LogP contribution in [0.2, 0.25) is 0 Å². The van der Waals surface area contributed by atoms with Crippen molar-refractivity contribution in [3.05, 3.63) is 71.3 Å². The zero-order chi connectivity index (χ0) is 24.5. The number of carbonyl (C=O) groups is 4. The topological polar surface area (TPSA) is 102 Å². The molecule has 0 atom stereocenters. The van der Waals surface area contributed by atoms with Gasteiger partial charge < -0.3 is 19.7 Å². The maximum atomic E-state index is 12.4. The van der Waals surface area contributed by atoms with Crippen LogP contribution in [0.15, 0.2) is 54.6 Å². The fraction of sp³-hybridized carbons (Fsp3) is 0.308. The Kier molecular flexibility index (Phi) is 8.56. The Bertz CT molecular complexity index is 1070. The Morgan fingerprint density at radius 2 is 1.76 bits per heavy atom. The standard InChI is InChI=1S/C26H28N2O6/c1-18-8-10-21(25(31)33-2)16-22(18)27-23(29)17-34-26(32)20-12-14-28(15-13-20)24(30)11-9-19-6-4-3-5-7-19/h3-11,16,20H,12-15,17H2,1-2H3,(H,27,29)/b11-9+. The first-order chi connectivity index (χ1) is 16.4. The summed E-state index contributed by atoms with van der Waals surface area (Å²) in [6.45, 7) is 2.25. The van der Waals surface area contributed by atoms with E-state index in [4.69, 9.17) is 4.74 Å². The summed E-state index contributed by atoms with van der Waals surface area (Å²) in [7, 11) is 1.28. The molecule has 1 N–H and O–H groups in total. The molecular weight excluding hydrogens is 436 g/mol. The van der Waals surface area contributed by atoms with Crippen LogP contribution in [0.1, 0.15) is 34.3 Å². The Morgan fingerprint density at radius 3 is 2.44 bits per heavy atom. The van der Waals surface area contributed by atoms with Gasteiger partial charge in [-0.05, 0) is 49.1 Å². The molecule has 0 unspecified atom stereocenters. The van der Waals surface area contributed by atoms with E-state index in [1.54, 1.807) is 30.0 Å². The van der Waals surface area contributed by atoms with Gasteiger partial charge in [-0.1, -0.05) is 36.4 Å². The maximum Gasteiger partial charge on any atom is 0.337 e. The van der Waals surface area contributed by atoms with E-state index in [9.17, 15) is 19.2 Å². The minimum Gasteiger partial charge on any atom is -0.465 e. The number of likely N-dealkylation sites (tertiary alicyclic amines) is 1. The van der Waals surface area contributed by atoms with Gasteiger partial charge in [0.2, 0.25) is 5.91 Å². The van der Waals surface area contributed by atoms with Crippen molar-refractivity contribution in [3.8, 4) is 0 Å². The van der Waals surface area contributed by atoms with Gasteiger partial charge >= 0.3 is 11.9 Å². The van der Waals surface area contributed by atoms with Crippen LogP contribution in [0.5, 0.6) is 0 Å². The van der Waals surface area contributed by atoms with E-state index in [2.05, 4.69) is 10.1 Å². The summed E-state index contributed by atoms with van der Waals surface area (Å²) >= 11 is 0. The van der Waals surface area contributed by atoms with Crippen molar-refractivity contribution in [2.75, 3.05) is 32.1 Å². The first-order valence-corrected chi connectivity index (χ1v) is 11.0. The number of esters is 2. The van der Waals surface area contributed by atoms with Crippen LogP contribution >= 0.6 is 0 Å². The van der Waals surface area contributed by atoms with Crippen LogP contribution in [0, 0.1) is 12.8 Å². The molecule has 0 aliphatic carbocycles. The van der Waals surface area contributed by atoms with Crippen LogP contribution in [-0.4, -0.2) is 55.5 Å². The first kappa shape index (κ1) is 24.7. The minimum absolute atomic E-state index is 0.0976. The number of rotatable bonds is 7. The Labute approximate surface area is 198 Å². The molecular formula is C26H28N2O6. The second-order valence-corrected chi connectivity index (χ2v) is 8.02. The molecule has 0 radical (unpaired) electrons.